The molecule has 0 aliphatic carbocycles. The average Bonchev–Trinajstić information content (AvgIpc) is 2.40. The molecular weight excluding hydrogens is 212 g/mol. The van der Waals surface area contributed by atoms with Gasteiger partial charge in [0.15, 0.2) is 0 Å². The molecule has 0 aliphatic heterocycles. The van der Waals surface area contributed by atoms with Crippen molar-refractivity contribution in [2.45, 2.75) is 6.54 Å². The van der Waals surface area contributed by atoms with Crippen molar-refractivity contribution in [1.82, 2.24) is 0 Å². The molecule has 2 rings (SSSR count). The van der Waals surface area contributed by atoms with Gasteiger partial charge < -0.3 is 16.2 Å². The first kappa shape index (κ1) is 13.1. The van der Waals surface area contributed by atoms with Crippen LogP contribution in [0.25, 0.3) is 0 Å². The van der Waals surface area contributed by atoms with Crippen LogP contribution in [0.3, 0.4) is 0 Å². The lowest BCUT2D eigenvalue weighted by Gasteiger charge is -2.03. The van der Waals surface area contributed by atoms with E-state index >= 15 is 0 Å². The summed E-state index contributed by atoms with van der Waals surface area (Å²) >= 11 is 0. The van der Waals surface area contributed by atoms with Gasteiger partial charge in [-0.25, -0.2) is 0 Å². The second kappa shape index (κ2) is 7.30. The molecule has 3 nitrogen and oxygen atoms in total. The molecule has 17 heavy (non-hydrogen) atoms. The third-order valence-electron chi connectivity index (χ3n) is 2.21. The van der Waals surface area contributed by atoms with Crippen LogP contribution in [0.1, 0.15) is 5.56 Å². The Morgan fingerprint density at radius 2 is 1.53 bits per heavy atom. The highest BCUT2D eigenvalue weighted by atomic mass is 16.5. The van der Waals surface area contributed by atoms with Crippen LogP contribution in [0.4, 0.5) is 5.69 Å². The number of nitrogen functional groups attached to an aromatic ring is 1. The number of hydrogen-bond donors (Lipinski definition) is 2. The number of benzene rings is 2. The van der Waals surface area contributed by atoms with Gasteiger partial charge in [0.25, 0.3) is 0 Å². The van der Waals surface area contributed by atoms with Gasteiger partial charge in [0.05, 0.1) is 7.11 Å². The van der Waals surface area contributed by atoms with Gasteiger partial charge in [-0.2, -0.15) is 0 Å². The Bertz CT molecular complexity index is 406. The van der Waals surface area contributed by atoms with Gasteiger partial charge in [0.1, 0.15) is 5.75 Å². The first-order valence-corrected chi connectivity index (χ1v) is 5.40. The van der Waals surface area contributed by atoms with E-state index < -0.39 is 0 Å². The molecule has 4 N–H and O–H groups in total. The second-order valence-electron chi connectivity index (χ2n) is 3.43. The minimum Gasteiger partial charge on any atom is -0.496 e. The van der Waals surface area contributed by atoms with Gasteiger partial charge in [0, 0.05) is 17.8 Å². The van der Waals surface area contributed by atoms with Crippen LogP contribution in [0.5, 0.6) is 5.75 Å². The molecule has 2 aromatic rings. The van der Waals surface area contributed by atoms with Crippen LogP contribution in [-0.4, -0.2) is 7.11 Å². The molecule has 0 atom stereocenters. The average molecular weight is 230 g/mol. The lowest BCUT2D eigenvalue weighted by atomic mass is 10.2. The second-order valence-corrected chi connectivity index (χ2v) is 3.43. The van der Waals surface area contributed by atoms with E-state index in [1.54, 1.807) is 7.11 Å². The Morgan fingerprint density at radius 1 is 0.941 bits per heavy atom. The van der Waals surface area contributed by atoms with Crippen molar-refractivity contribution in [3.8, 4) is 5.75 Å². The molecule has 90 valence electrons. The Morgan fingerprint density at radius 3 is 1.94 bits per heavy atom. The Kier molecular flexibility index (Phi) is 5.61. The third-order valence-corrected chi connectivity index (χ3v) is 2.21. The lowest BCUT2D eigenvalue weighted by molar-refractivity contribution is 0.410. The normalized spacial score (nSPS) is 9.06. The van der Waals surface area contributed by atoms with Gasteiger partial charge in [-0.3, -0.25) is 0 Å². The highest BCUT2D eigenvalue weighted by Crippen LogP contribution is 2.15. The van der Waals surface area contributed by atoms with E-state index in [9.17, 15) is 0 Å². The molecule has 0 bridgehead atoms. The summed E-state index contributed by atoms with van der Waals surface area (Å²) in [6.45, 7) is 0.532. The van der Waals surface area contributed by atoms with Crippen LogP contribution in [0, 0.1) is 0 Å². The summed E-state index contributed by atoms with van der Waals surface area (Å²) in [4.78, 5) is 0. The maximum atomic E-state index is 5.45. The smallest absolute Gasteiger partial charge is 0.123 e. The number of rotatable bonds is 2. The fraction of sp³-hybridized carbons (Fsp3) is 0.143. The zero-order valence-electron chi connectivity index (χ0n) is 9.97. The van der Waals surface area contributed by atoms with E-state index in [1.807, 2.05) is 54.6 Å². The summed E-state index contributed by atoms with van der Waals surface area (Å²) < 4.78 is 5.06. The summed E-state index contributed by atoms with van der Waals surface area (Å²) in [7, 11) is 1.65. The van der Waals surface area contributed by atoms with E-state index in [0.717, 1.165) is 17.0 Å². The van der Waals surface area contributed by atoms with E-state index in [4.69, 9.17) is 16.2 Å². The molecule has 0 saturated heterocycles. The molecule has 0 aliphatic rings. The van der Waals surface area contributed by atoms with E-state index in [1.165, 1.54) is 0 Å². The van der Waals surface area contributed by atoms with Gasteiger partial charge in [-0.15, -0.1) is 0 Å². The molecule has 0 unspecified atom stereocenters. The molecule has 0 heterocycles. The van der Waals surface area contributed by atoms with Crippen LogP contribution in [0.2, 0.25) is 0 Å². The molecule has 0 saturated carbocycles. The molecule has 0 radical (unpaired) electrons. The minimum atomic E-state index is 0.532. The lowest BCUT2D eigenvalue weighted by Crippen LogP contribution is -1.98. The quantitative estimate of drug-likeness (QED) is 0.779. The van der Waals surface area contributed by atoms with Gasteiger partial charge in [-0.1, -0.05) is 36.4 Å². The largest absolute Gasteiger partial charge is 0.496 e. The molecule has 0 spiro atoms. The SMILES string of the molecule is COc1ccccc1CN.Nc1ccccc1. The van der Waals surface area contributed by atoms with E-state index in [0.29, 0.717) is 6.54 Å². The van der Waals surface area contributed by atoms with Crippen LogP contribution < -0.4 is 16.2 Å². The molecule has 2 aromatic carbocycles. The highest BCUT2D eigenvalue weighted by Gasteiger charge is 1.95. The van der Waals surface area contributed by atoms with Crippen LogP contribution >= 0.6 is 0 Å². The van der Waals surface area contributed by atoms with Crippen molar-refractivity contribution < 1.29 is 4.74 Å². The molecule has 0 fully saturated rings. The standard InChI is InChI=1S/C8H11NO.C6H7N/c1-10-8-5-3-2-4-7(8)6-9;7-6-4-2-1-3-5-6/h2-5H,6,9H2,1H3;1-5H,7H2. The number of ether oxygens (including phenoxy) is 1. The van der Waals surface area contributed by atoms with Gasteiger partial charge in [0.2, 0.25) is 0 Å². The van der Waals surface area contributed by atoms with Gasteiger partial charge >= 0.3 is 0 Å². The number of methoxy groups -OCH3 is 1. The number of hydrogen-bond acceptors (Lipinski definition) is 3. The fourth-order valence-corrected chi connectivity index (χ4v) is 1.32. The topological polar surface area (TPSA) is 61.3 Å². The zero-order valence-corrected chi connectivity index (χ0v) is 9.97. The first-order valence-electron chi connectivity index (χ1n) is 5.40. The van der Waals surface area contributed by atoms with Gasteiger partial charge in [-0.05, 0) is 18.2 Å². The minimum absolute atomic E-state index is 0.532. The Labute approximate surface area is 102 Å². The van der Waals surface area contributed by atoms with Crippen LogP contribution in [0.15, 0.2) is 54.6 Å². The summed E-state index contributed by atoms with van der Waals surface area (Å²) in [5.74, 6) is 0.866. The van der Waals surface area contributed by atoms with Crippen molar-refractivity contribution in [2.75, 3.05) is 12.8 Å². The molecule has 0 aromatic heterocycles. The fourth-order valence-electron chi connectivity index (χ4n) is 1.32. The zero-order chi connectivity index (χ0) is 12.5. The number of anilines is 1. The predicted molar refractivity (Wildman–Crippen MR) is 71.7 cm³/mol. The number of nitrogens with two attached hydrogens (primary N) is 2. The Hall–Kier alpha value is -2.00. The summed E-state index contributed by atoms with van der Waals surface area (Å²) in [5, 5.41) is 0. The molecule has 3 heteroatoms. The molecular formula is C14H18N2O. The summed E-state index contributed by atoms with van der Waals surface area (Å²) in [5.41, 5.74) is 12.7. The summed E-state index contributed by atoms with van der Waals surface area (Å²) in [6, 6.07) is 17.2. The summed E-state index contributed by atoms with van der Waals surface area (Å²) in [6.07, 6.45) is 0. The van der Waals surface area contributed by atoms with Crippen molar-refractivity contribution in [2.24, 2.45) is 5.73 Å². The van der Waals surface area contributed by atoms with Crippen molar-refractivity contribution in [1.29, 1.82) is 0 Å². The van der Waals surface area contributed by atoms with Crippen molar-refractivity contribution in [3.05, 3.63) is 60.2 Å². The molecule has 0 amide bonds. The van der Waals surface area contributed by atoms with Crippen molar-refractivity contribution in [3.63, 3.8) is 0 Å². The first-order chi connectivity index (χ1) is 8.27. The Balaban J connectivity index is 0.000000181. The maximum absolute atomic E-state index is 5.45. The van der Waals surface area contributed by atoms with Crippen LogP contribution in [-0.2, 0) is 6.54 Å². The monoisotopic (exact) mass is 230 g/mol. The third kappa shape index (κ3) is 4.57. The van der Waals surface area contributed by atoms with Crippen molar-refractivity contribution >= 4 is 5.69 Å². The number of para-hydroxylation sites is 2. The highest BCUT2D eigenvalue weighted by molar-refractivity contribution is 5.36. The predicted octanol–water partition coefficient (Wildman–Crippen LogP) is 2.42. The van der Waals surface area contributed by atoms with E-state index in [-0.39, 0.29) is 0 Å². The van der Waals surface area contributed by atoms with E-state index in [2.05, 4.69) is 0 Å². The maximum Gasteiger partial charge on any atom is 0.123 e.